The minimum Gasteiger partial charge on any atom is -0.476 e. The molecule has 11 nitrogen and oxygen atoms in total. The third kappa shape index (κ3) is 3.49. The molecule has 2 N–H and O–H groups in total. The Morgan fingerprint density at radius 1 is 1.48 bits per heavy atom. The lowest BCUT2D eigenvalue weighted by molar-refractivity contribution is -0.0733. The summed E-state index contributed by atoms with van der Waals surface area (Å²) in [6.45, 7) is 6.66. The predicted octanol–water partition coefficient (Wildman–Crippen LogP) is 2.38. The highest BCUT2D eigenvalue weighted by molar-refractivity contribution is 7.48. The van der Waals surface area contributed by atoms with Crippen molar-refractivity contribution in [3.63, 3.8) is 0 Å². The largest absolute Gasteiger partial charge is 0.476 e. The van der Waals surface area contributed by atoms with Crippen molar-refractivity contribution in [1.29, 1.82) is 0 Å². The van der Waals surface area contributed by atoms with Crippen molar-refractivity contribution in [2.45, 2.75) is 57.9 Å². The maximum atomic E-state index is 15.9. The van der Waals surface area contributed by atoms with Gasteiger partial charge in [-0.2, -0.15) is 9.97 Å². The molecule has 0 radical (unpaired) electrons. The lowest BCUT2D eigenvalue weighted by Crippen LogP contribution is -2.45. The van der Waals surface area contributed by atoms with Gasteiger partial charge in [-0.1, -0.05) is 0 Å². The Kier molecular flexibility index (Phi) is 5.02. The van der Waals surface area contributed by atoms with Crippen LogP contribution in [0.5, 0.6) is 5.88 Å². The zero-order valence-electron chi connectivity index (χ0n) is 16.4. The molecule has 0 spiro atoms. The van der Waals surface area contributed by atoms with Gasteiger partial charge in [0, 0.05) is 0 Å². The van der Waals surface area contributed by atoms with Crippen LogP contribution in [0.3, 0.4) is 0 Å². The van der Waals surface area contributed by atoms with Crippen molar-refractivity contribution < 1.29 is 32.0 Å². The number of nitrogens with two attached hydrogens (primary N) is 1. The quantitative estimate of drug-likeness (QED) is 0.704. The smallest absolute Gasteiger partial charge is 0.475 e. The van der Waals surface area contributed by atoms with E-state index in [1.807, 2.05) is 0 Å². The zero-order chi connectivity index (χ0) is 21.0. The Balaban J connectivity index is 1.70. The number of anilines is 1. The Hall–Kier alpha value is -1.85. The number of hydrogen-bond donors (Lipinski definition) is 1. The van der Waals surface area contributed by atoms with Crippen LogP contribution in [0.1, 0.15) is 33.9 Å². The van der Waals surface area contributed by atoms with Crippen molar-refractivity contribution in [1.82, 2.24) is 19.5 Å². The van der Waals surface area contributed by atoms with Crippen LogP contribution in [0.4, 0.5) is 10.3 Å². The molecule has 5 atom stereocenters. The summed E-state index contributed by atoms with van der Waals surface area (Å²) in [5.74, 6) is 0.146. The number of imidazole rings is 1. The molecule has 2 fully saturated rings. The first kappa shape index (κ1) is 20.4. The van der Waals surface area contributed by atoms with Crippen molar-refractivity contribution in [3.8, 4) is 5.88 Å². The number of phosphoric ester groups is 1. The van der Waals surface area contributed by atoms with E-state index in [-0.39, 0.29) is 24.1 Å². The van der Waals surface area contributed by atoms with Crippen LogP contribution < -0.4 is 10.5 Å². The molecule has 4 heterocycles. The number of fused-ring (bicyclic) bond motifs is 2. The third-order valence-electron chi connectivity index (χ3n) is 4.60. The molecule has 2 aromatic rings. The monoisotopic (exact) mass is 431 g/mol. The summed E-state index contributed by atoms with van der Waals surface area (Å²) in [5, 5.41) is 0. The molecule has 4 rings (SSSR count). The van der Waals surface area contributed by atoms with Gasteiger partial charge < -0.3 is 15.2 Å². The Morgan fingerprint density at radius 2 is 2.24 bits per heavy atom. The fourth-order valence-corrected chi connectivity index (χ4v) is 5.11. The molecule has 160 valence electrons. The molecule has 0 unspecified atom stereocenters. The number of phosphoric acid groups is 1. The van der Waals surface area contributed by atoms with Crippen LogP contribution in [0, 0.1) is 0 Å². The number of nitrogens with zero attached hydrogens (tertiary/aromatic N) is 4. The first-order chi connectivity index (χ1) is 13.6. The maximum absolute atomic E-state index is 15.9. The molecular formula is C16H23FN5O6P. The molecule has 2 saturated heterocycles. The molecular weight excluding hydrogens is 408 g/mol. The van der Waals surface area contributed by atoms with Gasteiger partial charge >= 0.3 is 7.82 Å². The first-order valence-corrected chi connectivity index (χ1v) is 10.7. The number of alkyl halides is 1. The van der Waals surface area contributed by atoms with Crippen LogP contribution >= 0.6 is 7.82 Å². The third-order valence-corrected chi connectivity index (χ3v) is 6.23. The highest BCUT2D eigenvalue weighted by Gasteiger charge is 2.61. The van der Waals surface area contributed by atoms with E-state index < -0.39 is 38.0 Å². The SMILES string of the molecule is CCOc1nc(N)nc2c1ncn2[C@H]1O[C@H]2CO[P@@](=O)(OC(C)C)O[C@@H]2[C@]1(C)F. The highest BCUT2D eigenvalue weighted by Crippen LogP contribution is 2.60. The van der Waals surface area contributed by atoms with Crippen LogP contribution in [0.15, 0.2) is 6.33 Å². The molecule has 0 saturated carbocycles. The average Bonchev–Trinajstić information content (AvgIpc) is 3.13. The number of rotatable bonds is 5. The van der Waals surface area contributed by atoms with Gasteiger partial charge in [-0.25, -0.2) is 13.9 Å². The van der Waals surface area contributed by atoms with Gasteiger partial charge in [0.05, 0.1) is 25.6 Å². The van der Waals surface area contributed by atoms with Crippen LogP contribution in [0.25, 0.3) is 11.2 Å². The Labute approximate surface area is 166 Å². The van der Waals surface area contributed by atoms with E-state index in [0.717, 1.165) is 0 Å². The Bertz CT molecular complexity index is 969. The van der Waals surface area contributed by atoms with Crippen LogP contribution in [-0.4, -0.2) is 56.7 Å². The van der Waals surface area contributed by atoms with Crippen LogP contribution in [-0.2, 0) is 22.9 Å². The number of ether oxygens (including phenoxy) is 2. The molecule has 0 bridgehead atoms. The van der Waals surface area contributed by atoms with E-state index in [0.29, 0.717) is 12.1 Å². The molecule has 0 aromatic carbocycles. The molecule has 0 amide bonds. The van der Waals surface area contributed by atoms with Gasteiger partial charge in [-0.15, -0.1) is 0 Å². The summed E-state index contributed by atoms with van der Waals surface area (Å²) in [5.41, 5.74) is 4.25. The number of aromatic nitrogens is 4. The molecule has 2 aromatic heterocycles. The minimum atomic E-state index is -3.91. The van der Waals surface area contributed by atoms with E-state index in [2.05, 4.69) is 15.0 Å². The maximum Gasteiger partial charge on any atom is 0.475 e. The minimum absolute atomic E-state index is 0.0481. The molecule has 13 heteroatoms. The lowest BCUT2D eigenvalue weighted by atomic mass is 9.98. The van der Waals surface area contributed by atoms with Gasteiger partial charge in [0.25, 0.3) is 0 Å². The first-order valence-electron chi connectivity index (χ1n) is 9.23. The predicted molar refractivity (Wildman–Crippen MR) is 99.0 cm³/mol. The summed E-state index contributed by atoms with van der Waals surface area (Å²) >= 11 is 0. The molecule has 0 aliphatic carbocycles. The second kappa shape index (κ2) is 7.13. The molecule has 29 heavy (non-hydrogen) atoms. The van der Waals surface area contributed by atoms with E-state index >= 15 is 4.39 Å². The van der Waals surface area contributed by atoms with Crippen molar-refractivity contribution in [2.75, 3.05) is 18.9 Å². The Morgan fingerprint density at radius 3 is 2.93 bits per heavy atom. The summed E-state index contributed by atoms with van der Waals surface area (Å²) in [6, 6.07) is 0. The van der Waals surface area contributed by atoms with Gasteiger partial charge in [0.15, 0.2) is 23.1 Å². The fraction of sp³-hybridized carbons (Fsp3) is 0.688. The lowest BCUT2D eigenvalue weighted by Gasteiger charge is -2.34. The topological polar surface area (TPSA) is 133 Å². The van der Waals surface area contributed by atoms with Crippen molar-refractivity contribution in [3.05, 3.63) is 6.33 Å². The van der Waals surface area contributed by atoms with Crippen molar-refractivity contribution >= 4 is 24.9 Å². The fourth-order valence-electron chi connectivity index (χ4n) is 3.47. The second-order valence-electron chi connectivity index (χ2n) is 7.25. The van der Waals surface area contributed by atoms with E-state index in [9.17, 15) is 4.57 Å². The second-order valence-corrected chi connectivity index (χ2v) is 8.82. The number of hydrogen-bond acceptors (Lipinski definition) is 10. The van der Waals surface area contributed by atoms with Gasteiger partial charge in [-0.05, 0) is 27.7 Å². The van der Waals surface area contributed by atoms with Crippen LogP contribution in [0.2, 0.25) is 0 Å². The molecule has 2 aliphatic rings. The van der Waals surface area contributed by atoms with E-state index in [1.165, 1.54) is 17.8 Å². The van der Waals surface area contributed by atoms with E-state index in [1.54, 1.807) is 20.8 Å². The van der Waals surface area contributed by atoms with E-state index in [4.69, 9.17) is 28.8 Å². The summed E-state index contributed by atoms with van der Waals surface area (Å²) in [6.07, 6.45) is -2.20. The molecule has 2 aliphatic heterocycles. The summed E-state index contributed by atoms with van der Waals surface area (Å²) < 4.78 is 57.2. The van der Waals surface area contributed by atoms with Gasteiger partial charge in [0.1, 0.15) is 12.2 Å². The van der Waals surface area contributed by atoms with Crippen molar-refractivity contribution in [2.24, 2.45) is 0 Å². The zero-order valence-corrected chi connectivity index (χ0v) is 17.3. The average molecular weight is 431 g/mol. The van der Waals surface area contributed by atoms with Gasteiger partial charge in [0.2, 0.25) is 11.8 Å². The number of halogens is 1. The summed E-state index contributed by atoms with van der Waals surface area (Å²) in [7, 11) is -3.91. The van der Waals surface area contributed by atoms with Gasteiger partial charge in [-0.3, -0.25) is 18.1 Å². The normalized spacial score (nSPS) is 34.6. The highest BCUT2D eigenvalue weighted by atomic mass is 31.2. The summed E-state index contributed by atoms with van der Waals surface area (Å²) in [4.78, 5) is 12.4. The number of nitrogen functional groups attached to an aromatic ring is 1. The standard InChI is InChI=1S/C16H23FN5O6P/c1-5-24-13-10-12(20-15(18)21-13)22(7-19-10)14-16(4,17)11-9(26-14)6-25-29(23,28-11)27-8(2)3/h7-9,11,14H,5-6H2,1-4H3,(H2,18,20,21)/t9-,11-,14-,16-,29-/m0/s1.